The molecular formula is C12H21N3O3S. The van der Waals surface area contributed by atoms with Gasteiger partial charge in [0.15, 0.2) is 5.03 Å². The highest BCUT2D eigenvalue weighted by molar-refractivity contribution is 7.89. The Balaban J connectivity index is 2.21. The third-order valence-electron chi connectivity index (χ3n) is 3.48. The van der Waals surface area contributed by atoms with Crippen molar-refractivity contribution in [3.05, 3.63) is 12.0 Å². The van der Waals surface area contributed by atoms with Crippen LogP contribution in [0.4, 0.5) is 0 Å². The minimum Gasteiger partial charge on any atom is -0.396 e. The van der Waals surface area contributed by atoms with Gasteiger partial charge in [-0.25, -0.2) is 13.4 Å². The molecule has 0 spiro atoms. The van der Waals surface area contributed by atoms with Crippen LogP contribution in [-0.2, 0) is 10.0 Å². The van der Waals surface area contributed by atoms with Crippen LogP contribution in [0.2, 0.25) is 0 Å². The number of sulfonamides is 1. The second kappa shape index (κ2) is 5.60. The molecule has 1 saturated heterocycles. The van der Waals surface area contributed by atoms with E-state index in [0.717, 1.165) is 12.8 Å². The Morgan fingerprint density at radius 2 is 2.32 bits per heavy atom. The first kappa shape index (κ1) is 14.5. The third kappa shape index (κ3) is 2.98. The lowest BCUT2D eigenvalue weighted by Gasteiger charge is -2.30. The number of nitrogens with zero attached hydrogens (tertiary/aromatic N) is 2. The predicted octanol–water partition coefficient (Wildman–Crippen LogP) is 0.926. The Morgan fingerprint density at radius 3 is 2.89 bits per heavy atom. The van der Waals surface area contributed by atoms with E-state index in [1.165, 1.54) is 10.5 Å². The van der Waals surface area contributed by atoms with E-state index >= 15 is 0 Å². The van der Waals surface area contributed by atoms with Gasteiger partial charge in [0.25, 0.3) is 10.0 Å². The van der Waals surface area contributed by atoms with Gasteiger partial charge in [-0.2, -0.15) is 4.31 Å². The van der Waals surface area contributed by atoms with Crippen molar-refractivity contribution in [2.24, 2.45) is 5.92 Å². The van der Waals surface area contributed by atoms with Crippen LogP contribution in [0.3, 0.4) is 0 Å². The van der Waals surface area contributed by atoms with Crippen LogP contribution in [-0.4, -0.2) is 47.5 Å². The molecule has 1 aromatic heterocycles. The smallest absolute Gasteiger partial charge is 0.260 e. The fraction of sp³-hybridized carbons (Fsp3) is 0.750. The molecule has 0 amide bonds. The molecule has 1 aromatic rings. The Morgan fingerprint density at radius 1 is 1.58 bits per heavy atom. The van der Waals surface area contributed by atoms with Crippen LogP contribution in [0.15, 0.2) is 11.2 Å². The number of aliphatic hydroxyl groups excluding tert-OH is 1. The van der Waals surface area contributed by atoms with Gasteiger partial charge in [0, 0.05) is 25.6 Å². The highest BCUT2D eigenvalue weighted by atomic mass is 32.2. The maximum atomic E-state index is 12.5. The van der Waals surface area contributed by atoms with Gasteiger partial charge in [-0.15, -0.1) is 0 Å². The summed E-state index contributed by atoms with van der Waals surface area (Å²) in [5, 5.41) is 9.33. The zero-order valence-corrected chi connectivity index (χ0v) is 12.2. The summed E-state index contributed by atoms with van der Waals surface area (Å²) in [5.41, 5.74) is 0. The van der Waals surface area contributed by atoms with Crippen LogP contribution in [0.5, 0.6) is 0 Å². The molecule has 1 aliphatic heterocycles. The van der Waals surface area contributed by atoms with E-state index in [-0.39, 0.29) is 23.5 Å². The monoisotopic (exact) mass is 287 g/mol. The fourth-order valence-corrected chi connectivity index (χ4v) is 3.75. The molecular weight excluding hydrogens is 266 g/mol. The van der Waals surface area contributed by atoms with Gasteiger partial charge in [0.05, 0.1) is 6.20 Å². The van der Waals surface area contributed by atoms with E-state index in [9.17, 15) is 13.5 Å². The molecule has 108 valence electrons. The molecule has 19 heavy (non-hydrogen) atoms. The second-order valence-electron chi connectivity index (χ2n) is 5.34. The number of hydrogen-bond acceptors (Lipinski definition) is 4. The second-order valence-corrected chi connectivity index (χ2v) is 7.25. The fourth-order valence-electron chi connectivity index (χ4n) is 2.28. The summed E-state index contributed by atoms with van der Waals surface area (Å²) >= 11 is 0. The van der Waals surface area contributed by atoms with E-state index in [4.69, 9.17) is 0 Å². The average molecular weight is 287 g/mol. The maximum Gasteiger partial charge on any atom is 0.260 e. The van der Waals surface area contributed by atoms with Crippen LogP contribution in [0.1, 0.15) is 38.4 Å². The van der Waals surface area contributed by atoms with Gasteiger partial charge < -0.3 is 10.1 Å². The van der Waals surface area contributed by atoms with E-state index in [1.807, 2.05) is 13.8 Å². The normalized spacial score (nSPS) is 22.0. The SMILES string of the molecule is CC(C)c1ncc(S(=O)(=O)N2CCCC(CO)C2)[nH]1. The van der Waals surface area contributed by atoms with Crippen molar-refractivity contribution in [1.29, 1.82) is 0 Å². The van der Waals surface area contributed by atoms with Crippen molar-refractivity contribution < 1.29 is 13.5 Å². The zero-order valence-electron chi connectivity index (χ0n) is 11.3. The molecule has 2 heterocycles. The maximum absolute atomic E-state index is 12.5. The summed E-state index contributed by atoms with van der Waals surface area (Å²) in [6.45, 7) is 4.84. The van der Waals surface area contributed by atoms with E-state index in [0.29, 0.717) is 18.9 Å². The summed E-state index contributed by atoms with van der Waals surface area (Å²) in [5.74, 6) is 0.876. The largest absolute Gasteiger partial charge is 0.396 e. The number of imidazole rings is 1. The first-order valence-corrected chi connectivity index (χ1v) is 8.05. The summed E-state index contributed by atoms with van der Waals surface area (Å²) in [4.78, 5) is 6.99. The first-order chi connectivity index (χ1) is 8.95. The number of piperidine rings is 1. The highest BCUT2D eigenvalue weighted by Gasteiger charge is 2.31. The van der Waals surface area contributed by atoms with E-state index in [1.54, 1.807) is 0 Å². The summed E-state index contributed by atoms with van der Waals surface area (Å²) in [6, 6.07) is 0. The van der Waals surface area contributed by atoms with Gasteiger partial charge >= 0.3 is 0 Å². The number of H-pyrrole nitrogens is 1. The van der Waals surface area contributed by atoms with Crippen molar-refractivity contribution in [2.75, 3.05) is 19.7 Å². The Labute approximate surface area is 113 Å². The van der Waals surface area contributed by atoms with Crippen LogP contribution >= 0.6 is 0 Å². The van der Waals surface area contributed by atoms with Crippen molar-refractivity contribution >= 4 is 10.0 Å². The summed E-state index contributed by atoms with van der Waals surface area (Å²) < 4.78 is 26.4. The Bertz CT molecular complexity index is 524. The minimum atomic E-state index is -3.51. The quantitative estimate of drug-likeness (QED) is 0.862. The van der Waals surface area contributed by atoms with E-state index < -0.39 is 10.0 Å². The number of aliphatic hydroxyl groups is 1. The van der Waals surface area contributed by atoms with Gasteiger partial charge in [-0.1, -0.05) is 13.8 Å². The lowest BCUT2D eigenvalue weighted by molar-refractivity contribution is 0.165. The predicted molar refractivity (Wildman–Crippen MR) is 71.2 cm³/mol. The molecule has 0 saturated carbocycles. The standard InChI is InChI=1S/C12H21N3O3S/c1-9(2)12-13-6-11(14-12)19(17,18)15-5-3-4-10(7-15)8-16/h6,9-10,16H,3-5,7-8H2,1-2H3,(H,13,14). The molecule has 1 aliphatic rings. The van der Waals surface area contributed by atoms with Crippen molar-refractivity contribution in [2.45, 2.75) is 37.6 Å². The molecule has 0 radical (unpaired) electrons. The Kier molecular flexibility index (Phi) is 4.27. The molecule has 0 aromatic carbocycles. The minimum absolute atomic E-state index is 0.0340. The van der Waals surface area contributed by atoms with E-state index in [2.05, 4.69) is 9.97 Å². The van der Waals surface area contributed by atoms with Crippen LogP contribution in [0, 0.1) is 5.92 Å². The molecule has 1 unspecified atom stereocenters. The lowest BCUT2D eigenvalue weighted by atomic mass is 10.0. The molecule has 1 atom stereocenters. The van der Waals surface area contributed by atoms with Crippen molar-refractivity contribution in [1.82, 2.24) is 14.3 Å². The molecule has 0 bridgehead atoms. The van der Waals surface area contributed by atoms with Gasteiger partial charge in [0.2, 0.25) is 0 Å². The van der Waals surface area contributed by atoms with Gasteiger partial charge in [-0.3, -0.25) is 0 Å². The molecule has 0 aliphatic carbocycles. The summed E-state index contributed by atoms with van der Waals surface area (Å²) in [6.07, 6.45) is 3.05. The number of hydrogen-bond donors (Lipinski definition) is 2. The average Bonchev–Trinajstić information content (AvgIpc) is 2.89. The number of rotatable bonds is 4. The number of aromatic nitrogens is 2. The third-order valence-corrected chi connectivity index (χ3v) is 5.25. The van der Waals surface area contributed by atoms with Crippen LogP contribution in [0.25, 0.3) is 0 Å². The Hall–Kier alpha value is -0.920. The summed E-state index contributed by atoms with van der Waals surface area (Å²) in [7, 11) is -3.51. The molecule has 2 N–H and O–H groups in total. The molecule has 2 rings (SSSR count). The molecule has 6 nitrogen and oxygen atoms in total. The number of aromatic amines is 1. The van der Waals surface area contributed by atoms with Gasteiger partial charge in [0.1, 0.15) is 5.82 Å². The first-order valence-electron chi connectivity index (χ1n) is 6.61. The zero-order chi connectivity index (χ0) is 14.0. The highest BCUT2D eigenvalue weighted by Crippen LogP contribution is 2.23. The van der Waals surface area contributed by atoms with Crippen LogP contribution < -0.4 is 0 Å². The number of nitrogens with one attached hydrogen (secondary N) is 1. The van der Waals surface area contributed by atoms with Crippen molar-refractivity contribution in [3.63, 3.8) is 0 Å². The van der Waals surface area contributed by atoms with Crippen molar-refractivity contribution in [3.8, 4) is 0 Å². The lowest BCUT2D eigenvalue weighted by Crippen LogP contribution is -2.41. The van der Waals surface area contributed by atoms with Gasteiger partial charge in [-0.05, 0) is 18.8 Å². The molecule has 1 fully saturated rings. The molecule has 7 heteroatoms. The topological polar surface area (TPSA) is 86.3 Å².